The molecule has 0 saturated heterocycles. The predicted molar refractivity (Wildman–Crippen MR) is 46.7 cm³/mol. The number of benzene rings is 1. The van der Waals surface area contributed by atoms with Gasteiger partial charge in [-0.2, -0.15) is 0 Å². The first-order valence-electron chi connectivity index (χ1n) is 3.84. The molecule has 1 rings (SSSR count). The summed E-state index contributed by atoms with van der Waals surface area (Å²) in [5, 5.41) is 18.4. The van der Waals surface area contributed by atoms with Gasteiger partial charge in [0.15, 0.2) is 0 Å². The number of phenolic OH excluding ortho intramolecular Hbond substituents is 1. The smallest absolute Gasteiger partial charge is 0.115 e. The first kappa shape index (κ1) is 9.03. The number of aromatic hydroxyl groups is 1. The van der Waals surface area contributed by atoms with Gasteiger partial charge in [-0.3, -0.25) is 0 Å². The van der Waals surface area contributed by atoms with Crippen LogP contribution in [-0.4, -0.2) is 16.3 Å². The van der Waals surface area contributed by atoms with Gasteiger partial charge in [0.05, 0.1) is 6.10 Å². The molecule has 4 N–H and O–H groups in total. The minimum absolute atomic E-state index is 0.190. The molecule has 0 fully saturated rings. The summed E-state index contributed by atoms with van der Waals surface area (Å²) < 4.78 is 0. The first-order chi connectivity index (χ1) is 5.61. The van der Waals surface area contributed by atoms with Gasteiger partial charge >= 0.3 is 0 Å². The summed E-state index contributed by atoms with van der Waals surface area (Å²) >= 11 is 0. The molecule has 3 nitrogen and oxygen atoms in total. The summed E-state index contributed by atoms with van der Waals surface area (Å²) in [7, 11) is 0. The number of aliphatic hydroxyl groups excluding tert-OH is 1. The second kappa shape index (κ2) is 3.56. The van der Waals surface area contributed by atoms with Gasteiger partial charge in [0.1, 0.15) is 5.75 Å². The monoisotopic (exact) mass is 167 g/mol. The van der Waals surface area contributed by atoms with Crippen molar-refractivity contribution >= 4 is 0 Å². The van der Waals surface area contributed by atoms with Crippen LogP contribution in [0.5, 0.6) is 5.75 Å². The average molecular weight is 167 g/mol. The lowest BCUT2D eigenvalue weighted by molar-refractivity contribution is 0.153. The van der Waals surface area contributed by atoms with Crippen LogP contribution in [-0.2, 0) is 0 Å². The molecule has 0 aliphatic carbocycles. The fraction of sp³-hybridized carbons (Fsp3) is 0.333. The van der Waals surface area contributed by atoms with E-state index in [9.17, 15) is 5.11 Å². The molecule has 0 aromatic heterocycles. The van der Waals surface area contributed by atoms with E-state index in [2.05, 4.69) is 0 Å². The maximum absolute atomic E-state index is 9.48. The van der Waals surface area contributed by atoms with E-state index >= 15 is 0 Å². The predicted octanol–water partition coefficient (Wildman–Crippen LogP) is 0.773. The lowest BCUT2D eigenvalue weighted by atomic mass is 10.0. The number of hydrogen-bond donors (Lipinski definition) is 3. The third-order valence-corrected chi connectivity index (χ3v) is 1.73. The number of nitrogens with two attached hydrogens (primary N) is 1. The standard InChI is InChI=1S/C9H13NO2/c1-6(10)9(12)7-2-4-8(11)5-3-7/h2-6,9,11-12H,10H2,1H3/t6?,9-/m1/s1. The van der Waals surface area contributed by atoms with Crippen molar-refractivity contribution in [2.24, 2.45) is 5.73 Å². The van der Waals surface area contributed by atoms with Crippen LogP contribution < -0.4 is 5.73 Å². The Morgan fingerprint density at radius 1 is 1.25 bits per heavy atom. The average Bonchev–Trinajstić information content (AvgIpc) is 2.04. The molecule has 0 aliphatic heterocycles. The van der Waals surface area contributed by atoms with Crippen molar-refractivity contribution in [1.29, 1.82) is 0 Å². The van der Waals surface area contributed by atoms with E-state index in [-0.39, 0.29) is 11.8 Å². The van der Waals surface area contributed by atoms with Crippen LogP contribution in [0.15, 0.2) is 24.3 Å². The Hall–Kier alpha value is -1.06. The second-order valence-electron chi connectivity index (χ2n) is 2.90. The Balaban J connectivity index is 2.82. The Kier molecular flexibility index (Phi) is 2.68. The third kappa shape index (κ3) is 1.96. The minimum atomic E-state index is -0.661. The number of phenols is 1. The molecular weight excluding hydrogens is 154 g/mol. The Labute approximate surface area is 71.5 Å². The maximum atomic E-state index is 9.48. The molecule has 66 valence electrons. The van der Waals surface area contributed by atoms with Crippen LogP contribution in [0.4, 0.5) is 0 Å². The third-order valence-electron chi connectivity index (χ3n) is 1.73. The fourth-order valence-electron chi connectivity index (χ4n) is 0.975. The normalized spacial score (nSPS) is 15.6. The van der Waals surface area contributed by atoms with E-state index in [0.29, 0.717) is 0 Å². The topological polar surface area (TPSA) is 66.5 Å². The largest absolute Gasteiger partial charge is 0.508 e. The van der Waals surface area contributed by atoms with Crippen LogP contribution in [0.3, 0.4) is 0 Å². The summed E-state index contributed by atoms with van der Waals surface area (Å²) in [4.78, 5) is 0. The molecule has 0 bridgehead atoms. The molecule has 3 heteroatoms. The molecule has 12 heavy (non-hydrogen) atoms. The van der Waals surface area contributed by atoms with Crippen molar-refractivity contribution in [2.45, 2.75) is 19.1 Å². The van der Waals surface area contributed by atoms with Crippen LogP contribution in [0.25, 0.3) is 0 Å². The highest BCUT2D eigenvalue weighted by atomic mass is 16.3. The number of hydrogen-bond acceptors (Lipinski definition) is 3. The van der Waals surface area contributed by atoms with Crippen LogP contribution in [0, 0.1) is 0 Å². The Morgan fingerprint density at radius 2 is 1.75 bits per heavy atom. The lowest BCUT2D eigenvalue weighted by Gasteiger charge is -2.14. The zero-order chi connectivity index (χ0) is 9.14. The SMILES string of the molecule is CC(N)[C@@H](O)c1ccc(O)cc1. The lowest BCUT2D eigenvalue weighted by Crippen LogP contribution is -2.24. The van der Waals surface area contributed by atoms with Crippen LogP contribution in [0.2, 0.25) is 0 Å². The van der Waals surface area contributed by atoms with Gasteiger partial charge in [-0.15, -0.1) is 0 Å². The van der Waals surface area contributed by atoms with Crippen molar-refractivity contribution < 1.29 is 10.2 Å². The molecule has 1 aromatic rings. The van der Waals surface area contributed by atoms with Crippen LogP contribution in [0.1, 0.15) is 18.6 Å². The minimum Gasteiger partial charge on any atom is -0.508 e. The van der Waals surface area contributed by atoms with Gasteiger partial charge in [-0.05, 0) is 24.6 Å². The highest BCUT2D eigenvalue weighted by Crippen LogP contribution is 2.18. The molecule has 0 amide bonds. The number of aliphatic hydroxyl groups is 1. The first-order valence-corrected chi connectivity index (χ1v) is 3.84. The summed E-state index contributed by atoms with van der Waals surface area (Å²) in [6.07, 6.45) is -0.661. The second-order valence-corrected chi connectivity index (χ2v) is 2.90. The van der Waals surface area contributed by atoms with Gasteiger partial charge in [0.25, 0.3) is 0 Å². The summed E-state index contributed by atoms with van der Waals surface area (Å²) in [5.74, 6) is 0.190. The molecule has 0 aliphatic rings. The van der Waals surface area contributed by atoms with Gasteiger partial charge in [0, 0.05) is 6.04 Å². The van der Waals surface area contributed by atoms with E-state index in [4.69, 9.17) is 10.8 Å². The van der Waals surface area contributed by atoms with Crippen molar-refractivity contribution in [3.8, 4) is 5.75 Å². The molecule has 0 saturated carbocycles. The van der Waals surface area contributed by atoms with Crippen molar-refractivity contribution in [3.05, 3.63) is 29.8 Å². The molecule has 0 radical (unpaired) electrons. The van der Waals surface area contributed by atoms with Gasteiger partial charge in [-0.25, -0.2) is 0 Å². The molecule has 1 aromatic carbocycles. The van der Waals surface area contributed by atoms with Gasteiger partial charge in [-0.1, -0.05) is 12.1 Å². The molecule has 0 spiro atoms. The molecule has 2 atom stereocenters. The maximum Gasteiger partial charge on any atom is 0.115 e. The Morgan fingerprint density at radius 3 is 2.17 bits per heavy atom. The summed E-state index contributed by atoms with van der Waals surface area (Å²) in [6.45, 7) is 1.73. The highest BCUT2D eigenvalue weighted by Gasteiger charge is 2.11. The van der Waals surface area contributed by atoms with E-state index < -0.39 is 6.10 Å². The molecular formula is C9H13NO2. The number of rotatable bonds is 2. The van der Waals surface area contributed by atoms with Gasteiger partial charge in [0.2, 0.25) is 0 Å². The molecule has 0 heterocycles. The fourth-order valence-corrected chi connectivity index (χ4v) is 0.975. The summed E-state index contributed by atoms with van der Waals surface area (Å²) in [5.41, 5.74) is 6.22. The van der Waals surface area contributed by atoms with Crippen molar-refractivity contribution in [2.75, 3.05) is 0 Å². The van der Waals surface area contributed by atoms with Crippen molar-refractivity contribution in [3.63, 3.8) is 0 Å². The van der Waals surface area contributed by atoms with Crippen LogP contribution >= 0.6 is 0 Å². The van der Waals surface area contributed by atoms with E-state index in [1.807, 2.05) is 0 Å². The Bertz CT molecular complexity index is 243. The quantitative estimate of drug-likeness (QED) is 0.609. The van der Waals surface area contributed by atoms with E-state index in [0.717, 1.165) is 5.56 Å². The highest BCUT2D eigenvalue weighted by molar-refractivity contribution is 5.27. The summed E-state index contributed by atoms with van der Waals surface area (Å²) in [6, 6.07) is 6.07. The zero-order valence-electron chi connectivity index (χ0n) is 6.94. The van der Waals surface area contributed by atoms with Crippen molar-refractivity contribution in [1.82, 2.24) is 0 Å². The van der Waals surface area contributed by atoms with E-state index in [1.54, 1.807) is 19.1 Å². The molecule has 1 unspecified atom stereocenters. The van der Waals surface area contributed by atoms with E-state index in [1.165, 1.54) is 12.1 Å². The zero-order valence-corrected chi connectivity index (χ0v) is 6.94. The van der Waals surface area contributed by atoms with Gasteiger partial charge < -0.3 is 15.9 Å².